The van der Waals surface area contributed by atoms with Crippen molar-refractivity contribution in [3.05, 3.63) is 93.2 Å². The second-order valence-electron chi connectivity index (χ2n) is 12.0. The molecular formula is C33H40N2O2S. The van der Waals surface area contributed by atoms with Gasteiger partial charge in [0.05, 0.1) is 6.04 Å². The molecule has 2 heterocycles. The van der Waals surface area contributed by atoms with Gasteiger partial charge in [0.25, 0.3) is 0 Å². The molecule has 1 saturated carbocycles. The second-order valence-corrected chi connectivity index (χ2v) is 13.0. The van der Waals surface area contributed by atoms with Crippen molar-refractivity contribution in [1.82, 2.24) is 9.80 Å². The zero-order chi connectivity index (χ0) is 27.0. The second kappa shape index (κ2) is 10.7. The third-order valence-electron chi connectivity index (χ3n) is 8.43. The number of hydrogen-bond donors (Lipinski definition) is 0. The van der Waals surface area contributed by atoms with Gasteiger partial charge in [-0.05, 0) is 71.2 Å². The van der Waals surface area contributed by atoms with Gasteiger partial charge in [-0.25, -0.2) is 0 Å². The minimum atomic E-state index is -0.113. The summed E-state index contributed by atoms with van der Waals surface area (Å²) in [6.07, 6.45) is 2.56. The van der Waals surface area contributed by atoms with E-state index in [9.17, 15) is 9.59 Å². The minimum absolute atomic E-state index is 0.0227. The molecule has 38 heavy (non-hydrogen) atoms. The highest BCUT2D eigenvalue weighted by Crippen LogP contribution is 2.48. The van der Waals surface area contributed by atoms with E-state index in [-0.39, 0.29) is 47.7 Å². The number of nitrogens with zero attached hydrogens (tertiary/aromatic N) is 2. The lowest BCUT2D eigenvalue weighted by atomic mass is 9.85. The van der Waals surface area contributed by atoms with E-state index >= 15 is 0 Å². The van der Waals surface area contributed by atoms with Crippen molar-refractivity contribution in [3.63, 3.8) is 0 Å². The summed E-state index contributed by atoms with van der Waals surface area (Å²) in [5, 5.41) is 2.14. The van der Waals surface area contributed by atoms with E-state index in [4.69, 9.17) is 0 Å². The third-order valence-corrected chi connectivity index (χ3v) is 9.42. The van der Waals surface area contributed by atoms with Gasteiger partial charge < -0.3 is 9.80 Å². The van der Waals surface area contributed by atoms with Crippen LogP contribution < -0.4 is 0 Å². The summed E-state index contributed by atoms with van der Waals surface area (Å²) in [5.74, 6) is 0.408. The Bertz CT molecular complexity index is 1270. The van der Waals surface area contributed by atoms with E-state index in [1.807, 2.05) is 28.0 Å². The minimum Gasteiger partial charge on any atom is -0.330 e. The molecule has 200 valence electrons. The summed E-state index contributed by atoms with van der Waals surface area (Å²) in [6, 6.07) is 21.2. The predicted octanol–water partition coefficient (Wildman–Crippen LogP) is 6.95. The topological polar surface area (TPSA) is 40.6 Å². The van der Waals surface area contributed by atoms with Crippen LogP contribution >= 0.6 is 11.3 Å². The van der Waals surface area contributed by atoms with Gasteiger partial charge in [-0.2, -0.15) is 0 Å². The normalized spacial score (nSPS) is 21.5. The fourth-order valence-corrected chi connectivity index (χ4v) is 6.67. The van der Waals surface area contributed by atoms with Crippen LogP contribution in [0.5, 0.6) is 0 Å². The van der Waals surface area contributed by atoms with Crippen LogP contribution in [-0.2, 0) is 21.4 Å². The number of fused-ring (bicyclic) bond motifs is 1. The fourth-order valence-electron chi connectivity index (χ4n) is 5.77. The number of hydrogen-bond acceptors (Lipinski definition) is 3. The van der Waals surface area contributed by atoms with Gasteiger partial charge in [0.15, 0.2) is 0 Å². The summed E-state index contributed by atoms with van der Waals surface area (Å²) in [6.45, 7) is 11.6. The number of benzene rings is 2. The fraction of sp³-hybridized carbons (Fsp3) is 0.455. The molecule has 1 aliphatic carbocycles. The number of thiophene rings is 1. The maximum Gasteiger partial charge on any atom is 0.243 e. The van der Waals surface area contributed by atoms with Crippen LogP contribution in [0.15, 0.2) is 66.0 Å². The lowest BCUT2D eigenvalue weighted by Gasteiger charge is -2.38. The molecule has 1 fully saturated rings. The molecule has 5 rings (SSSR count). The smallest absolute Gasteiger partial charge is 0.243 e. The van der Waals surface area contributed by atoms with Crippen LogP contribution in [-0.4, -0.2) is 40.7 Å². The van der Waals surface area contributed by atoms with Gasteiger partial charge in [0, 0.05) is 23.4 Å². The summed E-state index contributed by atoms with van der Waals surface area (Å²) < 4.78 is 0. The molecule has 2 amide bonds. The highest BCUT2D eigenvalue weighted by atomic mass is 32.1. The summed E-state index contributed by atoms with van der Waals surface area (Å²) in [7, 11) is 0. The van der Waals surface area contributed by atoms with E-state index in [0.717, 1.165) is 24.8 Å². The molecule has 1 aliphatic heterocycles. The average Bonchev–Trinajstić information content (AvgIpc) is 3.58. The van der Waals surface area contributed by atoms with Gasteiger partial charge in [-0.15, -0.1) is 11.3 Å². The van der Waals surface area contributed by atoms with Gasteiger partial charge in [-0.3, -0.25) is 9.59 Å². The van der Waals surface area contributed by atoms with Gasteiger partial charge in [0.1, 0.15) is 6.54 Å². The van der Waals surface area contributed by atoms with Crippen LogP contribution in [0.1, 0.15) is 86.6 Å². The molecule has 0 N–H and O–H groups in total. The van der Waals surface area contributed by atoms with Crippen LogP contribution in [0, 0.1) is 5.92 Å². The molecule has 2 aliphatic rings. The first-order valence-electron chi connectivity index (χ1n) is 14.0. The van der Waals surface area contributed by atoms with Gasteiger partial charge in [0.2, 0.25) is 11.8 Å². The van der Waals surface area contributed by atoms with Gasteiger partial charge in [-0.1, -0.05) is 82.3 Å². The molecule has 4 atom stereocenters. The number of carbonyl (C=O) groups is 2. The molecule has 0 saturated heterocycles. The molecule has 2 aromatic carbocycles. The predicted molar refractivity (Wildman–Crippen MR) is 155 cm³/mol. The van der Waals surface area contributed by atoms with E-state index in [0.29, 0.717) is 6.54 Å². The van der Waals surface area contributed by atoms with Crippen molar-refractivity contribution < 1.29 is 9.59 Å². The standard InChI is InChI=1S/C33H40N2O2S/c1-6-22(2)35(32(37)28-20-27(28)23-10-8-7-9-11-23)21-30(36)34-18-16-29-26(17-19-38-29)31(34)24-12-14-25(15-13-24)33(3,4)5/h7-15,17,19,22,27-28,31H,6,16,18,20-21H2,1-5H3. The van der Waals surface area contributed by atoms with Crippen LogP contribution in [0.4, 0.5) is 0 Å². The van der Waals surface area contributed by atoms with Gasteiger partial charge >= 0.3 is 0 Å². The van der Waals surface area contributed by atoms with Crippen LogP contribution in [0.2, 0.25) is 0 Å². The molecule has 0 bridgehead atoms. The Balaban J connectivity index is 1.38. The zero-order valence-corrected chi connectivity index (χ0v) is 24.1. The lowest BCUT2D eigenvalue weighted by Crippen LogP contribution is -2.49. The maximum atomic E-state index is 14.0. The summed E-state index contributed by atoms with van der Waals surface area (Å²) >= 11 is 1.78. The van der Waals surface area contributed by atoms with Crippen molar-refractivity contribution >= 4 is 23.2 Å². The molecule has 3 aromatic rings. The number of carbonyl (C=O) groups excluding carboxylic acids is 2. The molecular weight excluding hydrogens is 488 g/mol. The van der Waals surface area contributed by atoms with Crippen molar-refractivity contribution in [3.8, 4) is 0 Å². The Morgan fingerprint density at radius 2 is 1.74 bits per heavy atom. The van der Waals surface area contributed by atoms with E-state index in [1.54, 1.807) is 11.3 Å². The maximum absolute atomic E-state index is 14.0. The van der Waals surface area contributed by atoms with Crippen LogP contribution in [0.25, 0.3) is 0 Å². The van der Waals surface area contributed by atoms with E-state index < -0.39 is 0 Å². The van der Waals surface area contributed by atoms with Crippen LogP contribution in [0.3, 0.4) is 0 Å². The quantitative estimate of drug-likeness (QED) is 0.333. The largest absolute Gasteiger partial charge is 0.330 e. The molecule has 1 aromatic heterocycles. The molecule has 4 unspecified atom stereocenters. The Labute approximate surface area is 231 Å². The first-order valence-corrected chi connectivity index (χ1v) is 14.9. The van der Waals surface area contributed by atoms with Crippen molar-refractivity contribution in [2.24, 2.45) is 5.92 Å². The molecule has 0 radical (unpaired) electrons. The molecule has 4 nitrogen and oxygen atoms in total. The average molecular weight is 529 g/mol. The van der Waals surface area contributed by atoms with E-state index in [1.165, 1.54) is 21.6 Å². The highest BCUT2D eigenvalue weighted by Gasteiger charge is 2.47. The first-order chi connectivity index (χ1) is 18.2. The Morgan fingerprint density at radius 1 is 1.03 bits per heavy atom. The lowest BCUT2D eigenvalue weighted by molar-refractivity contribution is -0.144. The SMILES string of the molecule is CCC(C)N(CC(=O)N1CCc2sccc2C1c1ccc(C(C)(C)C)cc1)C(=O)C1CC1c1ccccc1. The molecule has 0 spiro atoms. The monoisotopic (exact) mass is 528 g/mol. The Morgan fingerprint density at radius 3 is 2.39 bits per heavy atom. The first kappa shape index (κ1) is 26.7. The highest BCUT2D eigenvalue weighted by molar-refractivity contribution is 7.10. The summed E-state index contributed by atoms with van der Waals surface area (Å²) in [5.41, 5.74) is 4.95. The summed E-state index contributed by atoms with van der Waals surface area (Å²) in [4.78, 5) is 32.9. The number of rotatable bonds is 7. The van der Waals surface area contributed by atoms with Crippen molar-refractivity contribution in [2.75, 3.05) is 13.1 Å². The van der Waals surface area contributed by atoms with Crippen molar-refractivity contribution in [2.45, 2.75) is 77.3 Å². The zero-order valence-electron chi connectivity index (χ0n) is 23.3. The Kier molecular flexibility index (Phi) is 7.50. The third kappa shape index (κ3) is 5.31. The van der Waals surface area contributed by atoms with E-state index in [2.05, 4.69) is 82.5 Å². The number of amides is 2. The van der Waals surface area contributed by atoms with Crippen molar-refractivity contribution in [1.29, 1.82) is 0 Å². The Hall–Kier alpha value is -2.92. The molecule has 5 heteroatoms.